The van der Waals surface area contributed by atoms with E-state index >= 15 is 0 Å². The molecule has 4 rings (SSSR count). The van der Waals surface area contributed by atoms with Crippen LogP contribution in [0.5, 0.6) is 0 Å². The lowest BCUT2D eigenvalue weighted by Gasteiger charge is -2.32. The Balaban J connectivity index is 1.36. The Morgan fingerprint density at radius 3 is 3.12 bits per heavy atom. The summed E-state index contributed by atoms with van der Waals surface area (Å²) in [6.07, 6.45) is 8.69. The second kappa shape index (κ2) is 7.71. The zero-order valence-electron chi connectivity index (χ0n) is 13.9. The molecule has 1 saturated heterocycles. The maximum absolute atomic E-state index is 4.46. The molecule has 1 fully saturated rings. The highest BCUT2D eigenvalue weighted by Crippen LogP contribution is 2.23. The minimum absolute atomic E-state index is 0.624. The Bertz CT molecular complexity index is 772. The number of nitrogens with zero attached hydrogens (tertiary/aromatic N) is 5. The van der Waals surface area contributed by atoms with Crippen molar-refractivity contribution in [1.82, 2.24) is 30.0 Å². The largest absolute Gasteiger partial charge is 0.316 e. The second-order valence-electron chi connectivity index (χ2n) is 6.39. The summed E-state index contributed by atoms with van der Waals surface area (Å²) in [5.41, 5.74) is 2.26. The van der Waals surface area contributed by atoms with Gasteiger partial charge in [0.25, 0.3) is 0 Å². The van der Waals surface area contributed by atoms with E-state index in [1.54, 1.807) is 23.9 Å². The van der Waals surface area contributed by atoms with Crippen molar-refractivity contribution in [2.75, 3.05) is 18.4 Å². The number of thiazole rings is 1. The molecule has 2 N–H and O–H groups in total. The number of anilines is 2. The summed E-state index contributed by atoms with van der Waals surface area (Å²) in [7, 11) is 0. The number of hydrogen-bond donors (Lipinski definition) is 2. The van der Waals surface area contributed by atoms with Crippen LogP contribution in [0.2, 0.25) is 0 Å². The maximum Gasteiger partial charge on any atom is 0.188 e. The van der Waals surface area contributed by atoms with Gasteiger partial charge in [0, 0.05) is 48.3 Å². The first-order chi connectivity index (χ1) is 12.3. The third kappa shape index (κ3) is 4.40. The molecule has 0 aliphatic carbocycles. The molecule has 0 saturated carbocycles. The standard InChI is InChI=1S/C17H21N7S/c1-2-13(10-24(6-1)11-14-3-4-21-23-14)8-15-9-16(20-12-19-15)22-17-18-5-7-25-17/h3-5,7,9,12-13H,1-2,6,8,10-11H2,(H,21,23)(H,18,19,20,22)/t13-/m0/s1. The van der Waals surface area contributed by atoms with Crippen LogP contribution in [-0.2, 0) is 13.0 Å². The van der Waals surface area contributed by atoms with E-state index in [-0.39, 0.29) is 0 Å². The van der Waals surface area contributed by atoms with Crippen LogP contribution in [0.4, 0.5) is 10.9 Å². The third-order valence-corrected chi connectivity index (χ3v) is 5.13. The number of likely N-dealkylation sites (tertiary alicyclic amines) is 1. The number of nitrogens with one attached hydrogen (secondary N) is 2. The summed E-state index contributed by atoms with van der Waals surface area (Å²) in [5, 5.41) is 13.1. The summed E-state index contributed by atoms with van der Waals surface area (Å²) >= 11 is 1.56. The summed E-state index contributed by atoms with van der Waals surface area (Å²) < 4.78 is 0. The Labute approximate surface area is 150 Å². The van der Waals surface area contributed by atoms with Gasteiger partial charge >= 0.3 is 0 Å². The first-order valence-corrected chi connectivity index (χ1v) is 9.41. The minimum atomic E-state index is 0.624. The van der Waals surface area contributed by atoms with Crippen LogP contribution in [0.15, 0.2) is 36.2 Å². The van der Waals surface area contributed by atoms with Gasteiger partial charge in [-0.15, -0.1) is 11.3 Å². The van der Waals surface area contributed by atoms with Gasteiger partial charge in [0.2, 0.25) is 0 Å². The SMILES string of the molecule is c1cc(CN2CCC[C@@H](Cc3cc(Nc4nccs4)ncn3)C2)[nH]n1. The van der Waals surface area contributed by atoms with Crippen LogP contribution < -0.4 is 5.32 Å². The normalized spacial score (nSPS) is 18.3. The zero-order valence-corrected chi connectivity index (χ0v) is 14.7. The molecule has 1 aliphatic heterocycles. The van der Waals surface area contributed by atoms with Crippen LogP contribution in [0.25, 0.3) is 0 Å². The fraction of sp³-hybridized carbons (Fsp3) is 0.412. The molecule has 1 aliphatic rings. The van der Waals surface area contributed by atoms with E-state index in [1.165, 1.54) is 18.5 Å². The Kier molecular flexibility index (Phi) is 4.98. The summed E-state index contributed by atoms with van der Waals surface area (Å²) in [6, 6.07) is 4.08. The Morgan fingerprint density at radius 2 is 2.28 bits per heavy atom. The van der Waals surface area contributed by atoms with Crippen molar-refractivity contribution in [3.63, 3.8) is 0 Å². The lowest BCUT2D eigenvalue weighted by Crippen LogP contribution is -2.35. The van der Waals surface area contributed by atoms with Crippen molar-refractivity contribution < 1.29 is 0 Å². The molecule has 4 heterocycles. The quantitative estimate of drug-likeness (QED) is 0.707. The topological polar surface area (TPSA) is 82.6 Å². The van der Waals surface area contributed by atoms with Gasteiger partial charge in [-0.2, -0.15) is 5.10 Å². The monoisotopic (exact) mass is 355 g/mol. The highest BCUT2D eigenvalue weighted by Gasteiger charge is 2.21. The molecule has 0 amide bonds. The van der Waals surface area contributed by atoms with Crippen molar-refractivity contribution >= 4 is 22.3 Å². The van der Waals surface area contributed by atoms with Crippen LogP contribution in [0, 0.1) is 5.92 Å². The van der Waals surface area contributed by atoms with E-state index in [4.69, 9.17) is 0 Å². The van der Waals surface area contributed by atoms with E-state index in [0.717, 1.165) is 42.7 Å². The molecule has 3 aromatic rings. The summed E-state index contributed by atoms with van der Waals surface area (Å²) in [6.45, 7) is 3.19. The van der Waals surface area contributed by atoms with E-state index in [2.05, 4.69) is 35.4 Å². The van der Waals surface area contributed by atoms with Crippen LogP contribution in [0.3, 0.4) is 0 Å². The third-order valence-electron chi connectivity index (χ3n) is 4.44. The van der Waals surface area contributed by atoms with Gasteiger partial charge in [-0.05, 0) is 37.8 Å². The predicted molar refractivity (Wildman–Crippen MR) is 97.7 cm³/mol. The molecule has 0 aromatic carbocycles. The first-order valence-electron chi connectivity index (χ1n) is 8.53. The van der Waals surface area contributed by atoms with Gasteiger partial charge in [0.1, 0.15) is 12.1 Å². The van der Waals surface area contributed by atoms with Gasteiger partial charge in [0.05, 0.1) is 0 Å². The van der Waals surface area contributed by atoms with E-state index in [9.17, 15) is 0 Å². The summed E-state index contributed by atoms with van der Waals surface area (Å²) in [4.78, 5) is 15.5. The molecule has 0 unspecified atom stereocenters. The van der Waals surface area contributed by atoms with Crippen LogP contribution in [0.1, 0.15) is 24.2 Å². The number of aromatic nitrogens is 5. The second-order valence-corrected chi connectivity index (χ2v) is 7.28. The van der Waals surface area contributed by atoms with E-state index < -0.39 is 0 Å². The van der Waals surface area contributed by atoms with Gasteiger partial charge < -0.3 is 5.32 Å². The first kappa shape index (κ1) is 16.2. The number of H-pyrrole nitrogens is 1. The average Bonchev–Trinajstić information content (AvgIpc) is 3.30. The van der Waals surface area contributed by atoms with Crippen molar-refractivity contribution in [2.24, 2.45) is 5.92 Å². The molecule has 0 spiro atoms. The highest BCUT2D eigenvalue weighted by atomic mass is 32.1. The maximum atomic E-state index is 4.46. The molecule has 8 heteroatoms. The van der Waals surface area contributed by atoms with Gasteiger partial charge in [-0.25, -0.2) is 15.0 Å². The zero-order chi connectivity index (χ0) is 16.9. The van der Waals surface area contributed by atoms with Crippen LogP contribution in [-0.4, -0.2) is 43.1 Å². The molecule has 1 atom stereocenters. The number of hydrogen-bond acceptors (Lipinski definition) is 7. The predicted octanol–water partition coefficient (Wildman–Crippen LogP) is 2.85. The fourth-order valence-corrected chi connectivity index (χ4v) is 3.88. The number of aromatic amines is 1. The molecule has 25 heavy (non-hydrogen) atoms. The average molecular weight is 355 g/mol. The summed E-state index contributed by atoms with van der Waals surface area (Å²) in [5.74, 6) is 1.43. The Morgan fingerprint density at radius 1 is 1.28 bits per heavy atom. The lowest BCUT2D eigenvalue weighted by atomic mass is 9.93. The number of piperidine rings is 1. The van der Waals surface area contributed by atoms with Crippen molar-refractivity contribution in [2.45, 2.75) is 25.8 Å². The molecule has 3 aromatic heterocycles. The van der Waals surface area contributed by atoms with Gasteiger partial charge in [-0.3, -0.25) is 10.00 Å². The molecular formula is C17H21N7S. The van der Waals surface area contributed by atoms with Gasteiger partial charge in [0.15, 0.2) is 5.13 Å². The molecule has 0 bridgehead atoms. The highest BCUT2D eigenvalue weighted by molar-refractivity contribution is 7.13. The fourth-order valence-electron chi connectivity index (χ4n) is 3.34. The van der Waals surface area contributed by atoms with E-state index in [1.807, 2.05) is 23.7 Å². The number of rotatable bonds is 6. The van der Waals surface area contributed by atoms with Crippen molar-refractivity contribution in [1.29, 1.82) is 0 Å². The van der Waals surface area contributed by atoms with E-state index in [0.29, 0.717) is 5.92 Å². The Hall–Kier alpha value is -2.32. The molecule has 130 valence electrons. The lowest BCUT2D eigenvalue weighted by molar-refractivity contribution is 0.164. The van der Waals surface area contributed by atoms with Crippen molar-refractivity contribution in [3.05, 3.63) is 47.6 Å². The molecule has 0 radical (unpaired) electrons. The molecule has 7 nitrogen and oxygen atoms in total. The molecular weight excluding hydrogens is 334 g/mol. The van der Waals surface area contributed by atoms with Crippen molar-refractivity contribution in [3.8, 4) is 0 Å². The minimum Gasteiger partial charge on any atom is -0.316 e. The van der Waals surface area contributed by atoms with Crippen LogP contribution >= 0.6 is 11.3 Å². The van der Waals surface area contributed by atoms with Gasteiger partial charge in [-0.1, -0.05) is 0 Å². The smallest absolute Gasteiger partial charge is 0.188 e.